The number of fused-ring (bicyclic) bond motifs is 10. The highest BCUT2D eigenvalue weighted by molar-refractivity contribution is 6.24. The summed E-state index contributed by atoms with van der Waals surface area (Å²) < 4.78 is 7.22. The molecule has 0 aliphatic carbocycles. The van der Waals surface area contributed by atoms with E-state index in [2.05, 4.69) is 129 Å². The van der Waals surface area contributed by atoms with Gasteiger partial charge in [0.25, 0.3) is 0 Å². The maximum absolute atomic E-state index is 9.53. The quantitative estimate of drug-likeness (QED) is 0.212. The van der Waals surface area contributed by atoms with Crippen LogP contribution < -0.4 is 0 Å². The maximum Gasteiger partial charge on any atom is 0.0991 e. The molecule has 0 fully saturated rings. The van der Waals surface area contributed by atoms with Crippen LogP contribution in [0.1, 0.15) is 5.56 Å². The number of benzene rings is 6. The first kappa shape index (κ1) is 22.1. The smallest absolute Gasteiger partial charge is 0.0991 e. The van der Waals surface area contributed by atoms with Gasteiger partial charge in [-0.15, -0.1) is 0 Å². The average molecular weight is 523 g/mol. The molecule has 4 nitrogen and oxygen atoms in total. The average Bonchev–Trinajstić information content (AvgIpc) is 3.56. The molecule has 0 bridgehead atoms. The van der Waals surface area contributed by atoms with Gasteiger partial charge in [0, 0.05) is 27.2 Å². The zero-order valence-electron chi connectivity index (χ0n) is 22.0. The molecule has 4 heteroatoms. The summed E-state index contributed by atoms with van der Waals surface area (Å²) in [5.74, 6) is 0. The zero-order valence-corrected chi connectivity index (χ0v) is 22.0. The van der Waals surface area contributed by atoms with Crippen molar-refractivity contribution in [1.82, 2.24) is 13.4 Å². The molecule has 0 N–H and O–H groups in total. The lowest BCUT2D eigenvalue weighted by Gasteiger charge is -2.14. The predicted octanol–water partition coefficient (Wildman–Crippen LogP) is 9.18. The van der Waals surface area contributed by atoms with Gasteiger partial charge in [-0.2, -0.15) is 5.26 Å². The van der Waals surface area contributed by atoms with E-state index in [1.807, 2.05) is 24.3 Å². The van der Waals surface area contributed by atoms with Crippen molar-refractivity contribution in [3.8, 4) is 11.8 Å². The van der Waals surface area contributed by atoms with Crippen LogP contribution in [0.3, 0.4) is 0 Å². The number of nitriles is 1. The van der Waals surface area contributed by atoms with E-state index >= 15 is 0 Å². The van der Waals surface area contributed by atoms with Crippen LogP contribution >= 0.6 is 0 Å². The Morgan fingerprint density at radius 2 is 0.805 bits per heavy atom. The molecular formula is C37H22N4. The summed E-state index contributed by atoms with van der Waals surface area (Å²) in [6.07, 6.45) is 0. The molecule has 41 heavy (non-hydrogen) atoms. The van der Waals surface area contributed by atoms with E-state index in [1.165, 1.54) is 43.6 Å². The number of nitrogens with zero attached hydrogens (tertiary/aromatic N) is 4. The highest BCUT2D eigenvalue weighted by Crippen LogP contribution is 2.40. The van der Waals surface area contributed by atoms with E-state index in [1.54, 1.807) is 0 Å². The second-order valence-corrected chi connectivity index (χ2v) is 10.5. The minimum absolute atomic E-state index is 0.642. The third-order valence-electron chi connectivity index (χ3n) is 8.45. The van der Waals surface area contributed by atoms with Gasteiger partial charge in [0.15, 0.2) is 0 Å². The molecule has 9 rings (SSSR count). The van der Waals surface area contributed by atoms with Crippen molar-refractivity contribution in [2.24, 2.45) is 0 Å². The summed E-state index contributed by atoms with van der Waals surface area (Å²) in [6, 6.07) is 49.4. The Kier molecular flexibility index (Phi) is 4.37. The first-order valence-electron chi connectivity index (χ1n) is 13.8. The van der Waals surface area contributed by atoms with Crippen LogP contribution in [-0.2, 0) is 0 Å². The van der Waals surface area contributed by atoms with Gasteiger partial charge >= 0.3 is 0 Å². The van der Waals surface area contributed by atoms with Gasteiger partial charge in [-0.1, -0.05) is 72.8 Å². The molecule has 6 aromatic carbocycles. The van der Waals surface area contributed by atoms with Crippen LogP contribution in [0.2, 0.25) is 0 Å². The van der Waals surface area contributed by atoms with Crippen molar-refractivity contribution < 1.29 is 0 Å². The molecule has 0 unspecified atom stereocenters. The topological polar surface area (TPSA) is 37.5 Å². The van der Waals surface area contributed by atoms with Gasteiger partial charge in [-0.05, 0) is 60.7 Å². The molecule has 0 atom stereocenters. The highest BCUT2D eigenvalue weighted by atomic mass is 15.0. The van der Waals surface area contributed by atoms with E-state index in [-0.39, 0.29) is 0 Å². The van der Waals surface area contributed by atoms with Crippen molar-refractivity contribution in [2.75, 3.05) is 0 Å². The minimum Gasteiger partial charge on any atom is -0.306 e. The highest BCUT2D eigenvalue weighted by Gasteiger charge is 2.20. The maximum atomic E-state index is 9.53. The molecule has 0 aliphatic heterocycles. The third-order valence-corrected chi connectivity index (χ3v) is 8.45. The number of rotatable bonds is 1. The Morgan fingerprint density at radius 1 is 0.390 bits per heavy atom. The number of para-hydroxylation sites is 6. The molecule has 190 valence electrons. The molecule has 0 saturated heterocycles. The molecule has 0 aliphatic rings. The normalized spacial score (nSPS) is 11.9. The Morgan fingerprint density at radius 3 is 1.27 bits per heavy atom. The summed E-state index contributed by atoms with van der Waals surface area (Å²) in [6.45, 7) is 0. The summed E-state index contributed by atoms with van der Waals surface area (Å²) in [5.41, 5.74) is 10.7. The van der Waals surface area contributed by atoms with Crippen molar-refractivity contribution in [1.29, 1.82) is 5.26 Å². The van der Waals surface area contributed by atoms with Gasteiger partial charge in [-0.25, -0.2) is 0 Å². The van der Waals surface area contributed by atoms with Gasteiger partial charge < -0.3 is 13.4 Å². The van der Waals surface area contributed by atoms with E-state index < -0.39 is 0 Å². The molecule has 0 radical (unpaired) electrons. The fourth-order valence-corrected chi connectivity index (χ4v) is 6.78. The van der Waals surface area contributed by atoms with Crippen LogP contribution in [0.5, 0.6) is 0 Å². The van der Waals surface area contributed by atoms with E-state index in [9.17, 15) is 5.26 Å². The van der Waals surface area contributed by atoms with Crippen molar-refractivity contribution in [3.05, 3.63) is 139 Å². The predicted molar refractivity (Wildman–Crippen MR) is 169 cm³/mol. The van der Waals surface area contributed by atoms with Crippen LogP contribution in [-0.4, -0.2) is 13.4 Å². The number of hydrogen-bond donors (Lipinski definition) is 0. The van der Waals surface area contributed by atoms with E-state index in [0.717, 1.165) is 27.8 Å². The summed E-state index contributed by atoms with van der Waals surface area (Å²) in [4.78, 5) is 0. The van der Waals surface area contributed by atoms with E-state index in [0.29, 0.717) is 5.56 Å². The van der Waals surface area contributed by atoms with Crippen LogP contribution in [0.25, 0.3) is 71.4 Å². The lowest BCUT2D eigenvalue weighted by Crippen LogP contribution is -1.99. The monoisotopic (exact) mass is 522 g/mol. The first-order valence-corrected chi connectivity index (χ1v) is 13.8. The molecule has 0 saturated carbocycles. The van der Waals surface area contributed by atoms with Gasteiger partial charge in [0.05, 0.1) is 55.8 Å². The molecule has 9 aromatic rings. The minimum atomic E-state index is 0.642. The van der Waals surface area contributed by atoms with Gasteiger partial charge in [0.2, 0.25) is 0 Å². The Bertz CT molecular complexity index is 2430. The first-order chi connectivity index (χ1) is 20.3. The second kappa shape index (κ2) is 8.11. The summed E-state index contributed by atoms with van der Waals surface area (Å²) in [7, 11) is 0. The van der Waals surface area contributed by atoms with Gasteiger partial charge in [-0.3, -0.25) is 0 Å². The molecule has 0 amide bonds. The molecule has 0 spiro atoms. The Hall–Kier alpha value is -5.79. The van der Waals surface area contributed by atoms with Crippen LogP contribution in [0.4, 0.5) is 0 Å². The van der Waals surface area contributed by atoms with Crippen molar-refractivity contribution >= 4 is 65.7 Å². The Balaban J connectivity index is 1.74. The lowest BCUT2D eigenvalue weighted by molar-refractivity contribution is 1.15. The third kappa shape index (κ3) is 2.87. The SMILES string of the molecule is N#Cc1ccc(-n2c3ccccc3n3c4ccccc4c4ccc5c6ccccc6n(c6ccccc62)c5c43)cc1. The number of aromatic nitrogens is 3. The van der Waals surface area contributed by atoms with Crippen LogP contribution in [0.15, 0.2) is 133 Å². The fraction of sp³-hybridized carbons (Fsp3) is 0. The lowest BCUT2D eigenvalue weighted by atomic mass is 10.1. The number of hydrogen-bond acceptors (Lipinski definition) is 1. The van der Waals surface area contributed by atoms with Crippen LogP contribution in [0, 0.1) is 11.3 Å². The fourth-order valence-electron chi connectivity index (χ4n) is 6.78. The zero-order chi connectivity index (χ0) is 27.1. The summed E-state index contributed by atoms with van der Waals surface area (Å²) in [5, 5.41) is 14.5. The molecule has 3 heterocycles. The largest absolute Gasteiger partial charge is 0.306 e. The van der Waals surface area contributed by atoms with Crippen molar-refractivity contribution in [2.45, 2.75) is 0 Å². The molecular weight excluding hydrogens is 500 g/mol. The van der Waals surface area contributed by atoms with Crippen molar-refractivity contribution in [3.63, 3.8) is 0 Å². The molecule has 3 aromatic heterocycles. The Labute approximate surface area is 234 Å². The second-order valence-electron chi connectivity index (χ2n) is 10.5. The summed E-state index contributed by atoms with van der Waals surface area (Å²) >= 11 is 0. The standard InChI is InChI=1S/C37H22N4/c38-23-24-17-19-25(20-18-24)39-32-13-5-7-15-34(32)40-30-11-3-1-9-26(30)28-21-22-29-27-10-2-4-12-31(27)41(37(29)36(28)40)35-16-8-6-14-33(35)39/h1-22H. The van der Waals surface area contributed by atoms with E-state index in [4.69, 9.17) is 0 Å². The van der Waals surface area contributed by atoms with Gasteiger partial charge in [0.1, 0.15) is 0 Å².